The highest BCUT2D eigenvalue weighted by Gasteiger charge is 2.34. The van der Waals surface area contributed by atoms with Gasteiger partial charge in [-0.25, -0.2) is 0 Å². The van der Waals surface area contributed by atoms with E-state index in [1.165, 1.54) is 19.3 Å². The Hall–Kier alpha value is -0.900. The first kappa shape index (κ1) is 14.5. The molecule has 2 N–H and O–H groups in total. The molecule has 0 spiro atoms. The van der Waals surface area contributed by atoms with E-state index in [0.29, 0.717) is 11.7 Å². The Morgan fingerprint density at radius 2 is 1.89 bits per heavy atom. The van der Waals surface area contributed by atoms with Crippen molar-refractivity contribution in [2.24, 2.45) is 17.1 Å². The van der Waals surface area contributed by atoms with Crippen molar-refractivity contribution in [2.75, 3.05) is 0 Å². The molecule has 1 aromatic heterocycles. The molecule has 1 saturated carbocycles. The summed E-state index contributed by atoms with van der Waals surface area (Å²) in [7, 11) is 0. The van der Waals surface area contributed by atoms with Crippen molar-refractivity contribution in [1.82, 2.24) is 10.1 Å². The average Bonchev–Trinajstić information content (AvgIpc) is 2.78. The molecule has 0 radical (unpaired) electrons. The van der Waals surface area contributed by atoms with E-state index in [1.807, 2.05) is 0 Å². The van der Waals surface area contributed by atoms with E-state index >= 15 is 0 Å². The van der Waals surface area contributed by atoms with Gasteiger partial charge in [-0.2, -0.15) is 4.98 Å². The zero-order valence-electron chi connectivity index (χ0n) is 12.7. The SMILES string of the molecule is CC(Cc1nc(C2(N)CCCCC2)no1)C(C)(C)C. The first-order valence-electron chi connectivity index (χ1n) is 7.43. The largest absolute Gasteiger partial charge is 0.339 e. The predicted molar refractivity (Wildman–Crippen MR) is 75.6 cm³/mol. The average molecular weight is 265 g/mol. The van der Waals surface area contributed by atoms with Crippen molar-refractivity contribution in [2.45, 2.75) is 71.8 Å². The van der Waals surface area contributed by atoms with Crippen LogP contribution in [0.4, 0.5) is 0 Å². The second-order valence-electron chi connectivity index (χ2n) is 7.20. The van der Waals surface area contributed by atoms with Gasteiger partial charge in [-0.1, -0.05) is 52.1 Å². The Bertz CT molecular complexity index is 413. The maximum absolute atomic E-state index is 6.43. The fourth-order valence-corrected chi connectivity index (χ4v) is 2.51. The van der Waals surface area contributed by atoms with E-state index in [9.17, 15) is 0 Å². The molecule has 1 aliphatic carbocycles. The van der Waals surface area contributed by atoms with E-state index in [4.69, 9.17) is 10.3 Å². The molecule has 0 amide bonds. The molecule has 1 heterocycles. The third-order valence-electron chi connectivity index (χ3n) is 4.62. The van der Waals surface area contributed by atoms with Crippen LogP contribution in [0.25, 0.3) is 0 Å². The molecule has 4 nitrogen and oxygen atoms in total. The maximum Gasteiger partial charge on any atom is 0.227 e. The molecule has 1 aliphatic rings. The lowest BCUT2D eigenvalue weighted by atomic mass is 9.80. The van der Waals surface area contributed by atoms with Crippen LogP contribution in [0.2, 0.25) is 0 Å². The van der Waals surface area contributed by atoms with Crippen molar-refractivity contribution in [3.05, 3.63) is 11.7 Å². The zero-order chi connectivity index (χ0) is 14.1. The summed E-state index contributed by atoms with van der Waals surface area (Å²) in [5, 5.41) is 4.14. The van der Waals surface area contributed by atoms with Crippen LogP contribution < -0.4 is 5.73 Å². The van der Waals surface area contributed by atoms with Gasteiger partial charge in [-0.3, -0.25) is 0 Å². The maximum atomic E-state index is 6.43. The lowest BCUT2D eigenvalue weighted by Crippen LogP contribution is -2.39. The summed E-state index contributed by atoms with van der Waals surface area (Å²) in [6.45, 7) is 8.93. The zero-order valence-corrected chi connectivity index (χ0v) is 12.7. The van der Waals surface area contributed by atoms with E-state index in [0.717, 1.165) is 25.2 Å². The summed E-state index contributed by atoms with van der Waals surface area (Å²) in [6.07, 6.45) is 6.37. The second-order valence-corrected chi connectivity index (χ2v) is 7.20. The molecule has 2 rings (SSSR count). The minimum Gasteiger partial charge on any atom is -0.339 e. The standard InChI is InChI=1S/C15H27N3O/c1-11(14(2,3)4)10-12-17-13(18-19-12)15(16)8-6-5-7-9-15/h11H,5-10,16H2,1-4H3. The summed E-state index contributed by atoms with van der Waals surface area (Å²) >= 11 is 0. The minimum atomic E-state index is -0.356. The fraction of sp³-hybridized carbons (Fsp3) is 0.867. The van der Waals surface area contributed by atoms with Crippen molar-refractivity contribution < 1.29 is 4.52 Å². The molecule has 1 unspecified atom stereocenters. The van der Waals surface area contributed by atoms with Crippen LogP contribution in [0.5, 0.6) is 0 Å². The molecule has 0 aliphatic heterocycles. The minimum absolute atomic E-state index is 0.250. The first-order chi connectivity index (χ1) is 8.81. The Morgan fingerprint density at radius 3 is 2.47 bits per heavy atom. The number of hydrogen-bond acceptors (Lipinski definition) is 4. The number of aromatic nitrogens is 2. The van der Waals surface area contributed by atoms with Crippen molar-refractivity contribution >= 4 is 0 Å². The molecule has 108 valence electrons. The summed E-state index contributed by atoms with van der Waals surface area (Å²) in [4.78, 5) is 4.56. The van der Waals surface area contributed by atoms with Gasteiger partial charge in [0.1, 0.15) is 0 Å². The van der Waals surface area contributed by atoms with E-state index < -0.39 is 0 Å². The Balaban J connectivity index is 2.06. The van der Waals surface area contributed by atoms with Crippen LogP contribution >= 0.6 is 0 Å². The topological polar surface area (TPSA) is 64.9 Å². The number of nitrogens with two attached hydrogens (primary N) is 1. The lowest BCUT2D eigenvalue weighted by Gasteiger charge is -2.29. The van der Waals surface area contributed by atoms with Gasteiger partial charge in [0.05, 0.1) is 5.54 Å². The smallest absolute Gasteiger partial charge is 0.227 e. The molecule has 1 fully saturated rings. The van der Waals surface area contributed by atoms with Crippen molar-refractivity contribution in [3.63, 3.8) is 0 Å². The van der Waals surface area contributed by atoms with Gasteiger partial charge in [0.2, 0.25) is 5.89 Å². The van der Waals surface area contributed by atoms with Crippen LogP contribution in [0.1, 0.15) is 71.5 Å². The molecular formula is C15H27N3O. The Labute approximate surface area is 116 Å². The van der Waals surface area contributed by atoms with Crippen LogP contribution in [-0.2, 0) is 12.0 Å². The van der Waals surface area contributed by atoms with Crippen LogP contribution in [-0.4, -0.2) is 10.1 Å². The molecule has 1 atom stereocenters. The van der Waals surface area contributed by atoms with Gasteiger partial charge >= 0.3 is 0 Å². The first-order valence-corrected chi connectivity index (χ1v) is 7.43. The van der Waals surface area contributed by atoms with Crippen LogP contribution in [0, 0.1) is 11.3 Å². The highest BCUT2D eigenvalue weighted by Crippen LogP contribution is 2.34. The fourth-order valence-electron chi connectivity index (χ4n) is 2.51. The van der Waals surface area contributed by atoms with E-state index in [-0.39, 0.29) is 11.0 Å². The number of rotatable bonds is 3. The molecule has 19 heavy (non-hydrogen) atoms. The van der Waals surface area contributed by atoms with Gasteiger partial charge < -0.3 is 10.3 Å². The predicted octanol–water partition coefficient (Wildman–Crippen LogP) is 3.41. The highest BCUT2D eigenvalue weighted by molar-refractivity contribution is 5.05. The normalized spacial score (nSPS) is 21.3. The number of hydrogen-bond donors (Lipinski definition) is 1. The van der Waals surface area contributed by atoms with Crippen LogP contribution in [0.15, 0.2) is 4.52 Å². The van der Waals surface area contributed by atoms with Gasteiger partial charge in [0, 0.05) is 6.42 Å². The van der Waals surface area contributed by atoms with Crippen LogP contribution in [0.3, 0.4) is 0 Å². The second kappa shape index (κ2) is 5.23. The van der Waals surface area contributed by atoms with Gasteiger partial charge in [0.25, 0.3) is 0 Å². The molecule has 0 saturated heterocycles. The summed E-state index contributed by atoms with van der Waals surface area (Å²) in [5.74, 6) is 1.94. The van der Waals surface area contributed by atoms with Gasteiger partial charge in [0.15, 0.2) is 5.82 Å². The quantitative estimate of drug-likeness (QED) is 0.909. The van der Waals surface area contributed by atoms with Gasteiger partial charge in [-0.05, 0) is 24.2 Å². The molecule has 1 aromatic rings. The Kier molecular flexibility index (Phi) is 4.00. The van der Waals surface area contributed by atoms with Crippen molar-refractivity contribution in [1.29, 1.82) is 0 Å². The molecule has 0 bridgehead atoms. The highest BCUT2D eigenvalue weighted by atomic mass is 16.5. The van der Waals surface area contributed by atoms with E-state index in [2.05, 4.69) is 37.8 Å². The number of nitrogens with zero attached hydrogens (tertiary/aromatic N) is 2. The van der Waals surface area contributed by atoms with Gasteiger partial charge in [-0.15, -0.1) is 0 Å². The molecular weight excluding hydrogens is 238 g/mol. The molecule has 4 heteroatoms. The monoisotopic (exact) mass is 265 g/mol. The Morgan fingerprint density at radius 1 is 1.26 bits per heavy atom. The summed E-state index contributed by atoms with van der Waals surface area (Å²) < 4.78 is 5.41. The summed E-state index contributed by atoms with van der Waals surface area (Å²) in [5.41, 5.74) is 6.32. The third kappa shape index (κ3) is 3.35. The van der Waals surface area contributed by atoms with Crippen molar-refractivity contribution in [3.8, 4) is 0 Å². The molecule has 0 aromatic carbocycles. The third-order valence-corrected chi connectivity index (χ3v) is 4.62. The lowest BCUT2D eigenvalue weighted by molar-refractivity contribution is 0.234. The van der Waals surface area contributed by atoms with E-state index in [1.54, 1.807) is 0 Å². The summed E-state index contributed by atoms with van der Waals surface area (Å²) in [6, 6.07) is 0.